The summed E-state index contributed by atoms with van der Waals surface area (Å²) in [6.07, 6.45) is 3.04. The van der Waals surface area contributed by atoms with Gasteiger partial charge in [-0.15, -0.1) is 0 Å². The molecule has 0 aliphatic heterocycles. The van der Waals surface area contributed by atoms with E-state index < -0.39 is 11.9 Å². The number of aliphatic carboxylic acids is 1. The molecule has 2 aliphatic carbocycles. The molecule has 0 aromatic rings. The molecule has 0 spiro atoms. The van der Waals surface area contributed by atoms with Crippen LogP contribution < -0.4 is 16.0 Å². The highest BCUT2D eigenvalue weighted by molar-refractivity contribution is 5.79. The van der Waals surface area contributed by atoms with Gasteiger partial charge >= 0.3 is 12.0 Å². The van der Waals surface area contributed by atoms with E-state index in [2.05, 4.69) is 16.0 Å². The summed E-state index contributed by atoms with van der Waals surface area (Å²) in [6.45, 7) is 2.64. The predicted molar refractivity (Wildman–Crippen MR) is 75.6 cm³/mol. The topological polar surface area (TPSA) is 108 Å². The van der Waals surface area contributed by atoms with E-state index in [-0.39, 0.29) is 42.8 Å². The van der Waals surface area contributed by atoms with E-state index in [4.69, 9.17) is 0 Å². The van der Waals surface area contributed by atoms with Crippen LogP contribution in [0.3, 0.4) is 0 Å². The van der Waals surface area contributed by atoms with Crippen LogP contribution in [0.2, 0.25) is 0 Å². The maximum atomic E-state index is 11.8. The van der Waals surface area contributed by atoms with Crippen LogP contribution in [0.5, 0.6) is 0 Å². The molecule has 0 saturated heterocycles. The summed E-state index contributed by atoms with van der Waals surface area (Å²) in [6, 6.07) is -0.672. The van der Waals surface area contributed by atoms with Crippen LogP contribution >= 0.6 is 0 Å². The zero-order chi connectivity index (χ0) is 15.4. The Labute approximate surface area is 123 Å². The van der Waals surface area contributed by atoms with Gasteiger partial charge in [-0.05, 0) is 38.0 Å². The molecule has 4 N–H and O–H groups in total. The zero-order valence-corrected chi connectivity index (χ0v) is 12.2. The van der Waals surface area contributed by atoms with E-state index in [1.54, 1.807) is 0 Å². The number of hydrogen-bond donors (Lipinski definition) is 4. The van der Waals surface area contributed by atoms with Crippen molar-refractivity contribution >= 4 is 17.9 Å². The van der Waals surface area contributed by atoms with Gasteiger partial charge in [0.15, 0.2) is 0 Å². The monoisotopic (exact) mass is 297 g/mol. The fraction of sp³-hybridized carbons (Fsp3) is 0.786. The lowest BCUT2D eigenvalue weighted by molar-refractivity contribution is -0.144. The minimum absolute atomic E-state index is 0.110. The summed E-state index contributed by atoms with van der Waals surface area (Å²) >= 11 is 0. The van der Waals surface area contributed by atoms with Gasteiger partial charge in [0.05, 0.1) is 5.92 Å². The predicted octanol–water partition coefficient (Wildman–Crippen LogP) is 0.311. The number of carbonyl (C=O) groups excluding carboxylic acids is 2. The van der Waals surface area contributed by atoms with Crippen LogP contribution in [0.25, 0.3) is 0 Å². The molecule has 3 amide bonds. The van der Waals surface area contributed by atoms with Crippen molar-refractivity contribution in [2.24, 2.45) is 17.8 Å². The first-order chi connectivity index (χ1) is 10.0. The number of amides is 3. The van der Waals surface area contributed by atoms with Gasteiger partial charge in [0.25, 0.3) is 0 Å². The molecule has 118 valence electrons. The summed E-state index contributed by atoms with van der Waals surface area (Å²) in [7, 11) is 0. The SMILES string of the molecule is CCNC(=O)CCNC(=O)NC1C2CCC(C2)C1C(=O)O. The second-order valence-electron chi connectivity index (χ2n) is 5.83. The molecule has 0 radical (unpaired) electrons. The van der Waals surface area contributed by atoms with Crippen molar-refractivity contribution in [2.45, 2.75) is 38.6 Å². The highest BCUT2D eigenvalue weighted by Crippen LogP contribution is 2.48. The van der Waals surface area contributed by atoms with Gasteiger partial charge in [-0.2, -0.15) is 0 Å². The molecule has 2 aliphatic rings. The molecule has 7 heteroatoms. The quantitative estimate of drug-likeness (QED) is 0.566. The fourth-order valence-corrected chi connectivity index (χ4v) is 3.63. The first kappa shape index (κ1) is 15.6. The third-order valence-corrected chi connectivity index (χ3v) is 4.51. The van der Waals surface area contributed by atoms with Gasteiger partial charge in [-0.25, -0.2) is 4.79 Å². The van der Waals surface area contributed by atoms with Gasteiger partial charge in [0.2, 0.25) is 5.91 Å². The Morgan fingerprint density at radius 3 is 2.52 bits per heavy atom. The van der Waals surface area contributed by atoms with Crippen molar-refractivity contribution in [1.29, 1.82) is 0 Å². The van der Waals surface area contributed by atoms with Crippen LogP contribution in [0, 0.1) is 17.8 Å². The summed E-state index contributed by atoms with van der Waals surface area (Å²) in [5.74, 6) is -0.952. The number of hydrogen-bond acceptors (Lipinski definition) is 3. The van der Waals surface area contributed by atoms with Crippen LogP contribution in [-0.2, 0) is 9.59 Å². The summed E-state index contributed by atoms with van der Waals surface area (Å²) < 4.78 is 0. The normalized spacial score (nSPS) is 30.0. The third-order valence-electron chi connectivity index (χ3n) is 4.51. The molecule has 0 heterocycles. The molecule has 0 aromatic heterocycles. The van der Waals surface area contributed by atoms with E-state index in [1.165, 1.54) is 0 Å². The summed E-state index contributed by atoms with van der Waals surface area (Å²) in [5, 5.41) is 17.3. The molecule has 21 heavy (non-hydrogen) atoms. The fourth-order valence-electron chi connectivity index (χ4n) is 3.63. The minimum Gasteiger partial charge on any atom is -0.481 e. The Hall–Kier alpha value is -1.79. The van der Waals surface area contributed by atoms with Crippen molar-refractivity contribution in [3.05, 3.63) is 0 Å². The maximum Gasteiger partial charge on any atom is 0.315 e. The van der Waals surface area contributed by atoms with Gasteiger partial charge in [0, 0.05) is 25.6 Å². The van der Waals surface area contributed by atoms with E-state index >= 15 is 0 Å². The Morgan fingerprint density at radius 1 is 1.14 bits per heavy atom. The van der Waals surface area contributed by atoms with Gasteiger partial charge in [0.1, 0.15) is 0 Å². The van der Waals surface area contributed by atoms with Crippen molar-refractivity contribution in [2.75, 3.05) is 13.1 Å². The molecular weight excluding hydrogens is 274 g/mol. The van der Waals surface area contributed by atoms with Crippen molar-refractivity contribution in [3.63, 3.8) is 0 Å². The summed E-state index contributed by atoms with van der Waals surface area (Å²) in [5.41, 5.74) is 0. The summed E-state index contributed by atoms with van der Waals surface area (Å²) in [4.78, 5) is 34.4. The number of rotatable bonds is 6. The van der Waals surface area contributed by atoms with E-state index in [1.807, 2.05) is 6.92 Å². The standard InChI is InChI=1S/C14H23N3O4/c1-2-15-10(18)5-6-16-14(21)17-12-9-4-3-8(7-9)11(12)13(19)20/h8-9,11-12H,2-7H2,1H3,(H,15,18)(H,19,20)(H2,16,17,21). The Morgan fingerprint density at radius 2 is 1.86 bits per heavy atom. The van der Waals surface area contributed by atoms with Crippen molar-refractivity contribution in [3.8, 4) is 0 Å². The number of urea groups is 1. The number of carboxylic acid groups (broad SMARTS) is 1. The second kappa shape index (κ2) is 6.78. The zero-order valence-electron chi connectivity index (χ0n) is 12.2. The van der Waals surface area contributed by atoms with Gasteiger partial charge < -0.3 is 21.1 Å². The molecule has 4 atom stereocenters. The highest BCUT2D eigenvalue weighted by atomic mass is 16.4. The Balaban J connectivity index is 1.77. The maximum absolute atomic E-state index is 11.8. The molecule has 2 saturated carbocycles. The van der Waals surface area contributed by atoms with E-state index in [0.29, 0.717) is 6.54 Å². The largest absolute Gasteiger partial charge is 0.481 e. The van der Waals surface area contributed by atoms with Crippen molar-refractivity contribution < 1.29 is 19.5 Å². The second-order valence-corrected chi connectivity index (χ2v) is 5.83. The molecule has 0 aromatic carbocycles. The minimum atomic E-state index is -0.824. The number of carboxylic acids is 1. The molecular formula is C14H23N3O4. The molecule has 7 nitrogen and oxygen atoms in total. The third kappa shape index (κ3) is 3.65. The molecule has 2 rings (SSSR count). The average Bonchev–Trinajstić information content (AvgIpc) is 2.99. The number of carbonyl (C=O) groups is 3. The Bertz CT molecular complexity index is 426. The van der Waals surface area contributed by atoms with Crippen LogP contribution in [0.4, 0.5) is 4.79 Å². The number of nitrogens with one attached hydrogen (secondary N) is 3. The van der Waals surface area contributed by atoms with Crippen LogP contribution in [0.15, 0.2) is 0 Å². The highest BCUT2D eigenvalue weighted by Gasteiger charge is 2.51. The average molecular weight is 297 g/mol. The molecule has 4 unspecified atom stereocenters. The lowest BCUT2D eigenvalue weighted by atomic mass is 9.84. The van der Waals surface area contributed by atoms with E-state index in [9.17, 15) is 19.5 Å². The lowest BCUT2D eigenvalue weighted by Gasteiger charge is -2.28. The molecule has 2 fully saturated rings. The Kier molecular flexibility index (Phi) is 5.03. The number of fused-ring (bicyclic) bond motifs is 2. The lowest BCUT2D eigenvalue weighted by Crippen LogP contribution is -2.50. The van der Waals surface area contributed by atoms with E-state index in [0.717, 1.165) is 19.3 Å². The van der Waals surface area contributed by atoms with Crippen molar-refractivity contribution in [1.82, 2.24) is 16.0 Å². The first-order valence-electron chi connectivity index (χ1n) is 7.56. The van der Waals surface area contributed by atoms with Crippen LogP contribution in [0.1, 0.15) is 32.6 Å². The molecule has 2 bridgehead atoms. The first-order valence-corrected chi connectivity index (χ1v) is 7.56. The van der Waals surface area contributed by atoms with Gasteiger partial charge in [-0.3, -0.25) is 9.59 Å². The smallest absolute Gasteiger partial charge is 0.315 e. The van der Waals surface area contributed by atoms with Gasteiger partial charge in [-0.1, -0.05) is 0 Å². The van der Waals surface area contributed by atoms with Crippen LogP contribution in [-0.4, -0.2) is 42.1 Å².